The summed E-state index contributed by atoms with van der Waals surface area (Å²) in [5.41, 5.74) is 9.03. The molecule has 0 radical (unpaired) electrons. The molecule has 1 aromatic carbocycles. The molecule has 3 N–H and O–H groups in total. The molecule has 0 saturated carbocycles. The molecular formula is C17H26N2O3. The number of alkyl carbamates (subject to hydrolysis) is 1. The summed E-state index contributed by atoms with van der Waals surface area (Å²) in [6.45, 7) is 7.36. The molecule has 5 heteroatoms. The first-order valence-corrected chi connectivity index (χ1v) is 7.75. The van der Waals surface area contributed by atoms with E-state index >= 15 is 0 Å². The number of benzene rings is 1. The molecule has 1 heterocycles. The number of nitrogens with one attached hydrogen (secondary N) is 1. The van der Waals surface area contributed by atoms with Crippen molar-refractivity contribution in [2.45, 2.75) is 51.9 Å². The summed E-state index contributed by atoms with van der Waals surface area (Å²) in [5.74, 6) is 0. The Balaban J connectivity index is 1.96. The highest BCUT2D eigenvalue weighted by Gasteiger charge is 2.19. The van der Waals surface area contributed by atoms with Gasteiger partial charge in [0.2, 0.25) is 0 Å². The molecule has 22 heavy (non-hydrogen) atoms. The second-order valence-corrected chi connectivity index (χ2v) is 6.69. The SMILES string of the molecule is CC(C)(C)OC(=O)NC(CN)Cc1ccc2c(c1)CCOC2. The molecule has 1 aliphatic rings. The fraction of sp³-hybridized carbons (Fsp3) is 0.588. The van der Waals surface area contributed by atoms with Gasteiger partial charge in [0, 0.05) is 12.6 Å². The Labute approximate surface area is 132 Å². The summed E-state index contributed by atoms with van der Waals surface area (Å²) >= 11 is 0. The molecule has 1 aromatic rings. The van der Waals surface area contributed by atoms with Crippen molar-refractivity contribution in [2.24, 2.45) is 5.73 Å². The highest BCUT2D eigenvalue weighted by molar-refractivity contribution is 5.68. The van der Waals surface area contributed by atoms with E-state index < -0.39 is 11.7 Å². The van der Waals surface area contributed by atoms with E-state index in [4.69, 9.17) is 15.2 Å². The zero-order chi connectivity index (χ0) is 16.2. The summed E-state index contributed by atoms with van der Waals surface area (Å²) in [4.78, 5) is 11.8. The van der Waals surface area contributed by atoms with Crippen LogP contribution in [0.25, 0.3) is 0 Å². The van der Waals surface area contributed by atoms with E-state index in [1.54, 1.807) is 0 Å². The Morgan fingerprint density at radius 3 is 2.86 bits per heavy atom. The van der Waals surface area contributed by atoms with Crippen molar-refractivity contribution in [2.75, 3.05) is 13.2 Å². The molecule has 0 bridgehead atoms. The number of hydrogen-bond acceptors (Lipinski definition) is 4. The van der Waals surface area contributed by atoms with Crippen LogP contribution in [0.3, 0.4) is 0 Å². The van der Waals surface area contributed by atoms with Gasteiger partial charge in [0.1, 0.15) is 5.60 Å². The zero-order valence-corrected chi connectivity index (χ0v) is 13.6. The van der Waals surface area contributed by atoms with E-state index in [0.717, 1.165) is 13.0 Å². The third kappa shape index (κ3) is 5.00. The summed E-state index contributed by atoms with van der Waals surface area (Å²) in [6, 6.07) is 6.24. The maximum Gasteiger partial charge on any atom is 0.407 e. The quantitative estimate of drug-likeness (QED) is 0.894. The van der Waals surface area contributed by atoms with Crippen LogP contribution < -0.4 is 11.1 Å². The van der Waals surface area contributed by atoms with E-state index in [1.807, 2.05) is 20.8 Å². The smallest absolute Gasteiger partial charge is 0.407 e. The van der Waals surface area contributed by atoms with Gasteiger partial charge in [-0.3, -0.25) is 0 Å². The third-order valence-corrected chi connectivity index (χ3v) is 3.53. The van der Waals surface area contributed by atoms with Gasteiger partial charge >= 0.3 is 6.09 Å². The molecule has 0 aromatic heterocycles. The van der Waals surface area contributed by atoms with E-state index in [0.29, 0.717) is 19.6 Å². The highest BCUT2D eigenvalue weighted by Crippen LogP contribution is 2.19. The van der Waals surface area contributed by atoms with E-state index in [9.17, 15) is 4.79 Å². The van der Waals surface area contributed by atoms with Gasteiger partial charge in [-0.05, 0) is 50.3 Å². The third-order valence-electron chi connectivity index (χ3n) is 3.53. The Kier molecular flexibility index (Phi) is 5.42. The van der Waals surface area contributed by atoms with Gasteiger partial charge in [0.25, 0.3) is 0 Å². The van der Waals surface area contributed by atoms with Crippen molar-refractivity contribution < 1.29 is 14.3 Å². The lowest BCUT2D eigenvalue weighted by Gasteiger charge is -2.23. The first kappa shape index (κ1) is 16.8. The molecule has 5 nitrogen and oxygen atoms in total. The van der Waals surface area contributed by atoms with Crippen LogP contribution in [0.5, 0.6) is 0 Å². The van der Waals surface area contributed by atoms with Crippen molar-refractivity contribution in [3.63, 3.8) is 0 Å². The minimum atomic E-state index is -0.505. The molecule has 0 spiro atoms. The van der Waals surface area contributed by atoms with E-state index in [1.165, 1.54) is 16.7 Å². The van der Waals surface area contributed by atoms with Crippen molar-refractivity contribution in [1.29, 1.82) is 0 Å². The summed E-state index contributed by atoms with van der Waals surface area (Å²) in [7, 11) is 0. The Bertz CT molecular complexity index is 523. The number of hydrogen-bond donors (Lipinski definition) is 2. The first-order chi connectivity index (χ1) is 10.4. The van der Waals surface area contributed by atoms with Crippen LogP contribution in [-0.2, 0) is 28.9 Å². The molecule has 2 rings (SSSR count). The van der Waals surface area contributed by atoms with Crippen LogP contribution in [0.1, 0.15) is 37.5 Å². The molecular weight excluding hydrogens is 280 g/mol. The zero-order valence-electron chi connectivity index (χ0n) is 13.6. The van der Waals surface area contributed by atoms with Gasteiger partial charge in [-0.15, -0.1) is 0 Å². The van der Waals surface area contributed by atoms with Gasteiger partial charge < -0.3 is 20.5 Å². The molecule has 0 saturated heterocycles. The second-order valence-electron chi connectivity index (χ2n) is 6.69. The fourth-order valence-electron chi connectivity index (χ4n) is 2.50. The van der Waals surface area contributed by atoms with Crippen LogP contribution in [0.15, 0.2) is 18.2 Å². The lowest BCUT2D eigenvalue weighted by Crippen LogP contribution is -2.44. The normalized spacial score (nSPS) is 15.8. The summed E-state index contributed by atoms with van der Waals surface area (Å²) < 4.78 is 10.7. The number of amides is 1. The van der Waals surface area contributed by atoms with Gasteiger partial charge in [-0.1, -0.05) is 18.2 Å². The Morgan fingerprint density at radius 1 is 1.41 bits per heavy atom. The monoisotopic (exact) mass is 306 g/mol. The number of carbonyl (C=O) groups is 1. The van der Waals surface area contributed by atoms with Gasteiger partial charge in [0.05, 0.1) is 13.2 Å². The van der Waals surface area contributed by atoms with E-state index in [2.05, 4.69) is 23.5 Å². The largest absolute Gasteiger partial charge is 0.444 e. The second kappa shape index (κ2) is 7.11. The van der Waals surface area contributed by atoms with Crippen LogP contribution in [0.2, 0.25) is 0 Å². The number of nitrogens with two attached hydrogens (primary N) is 1. The molecule has 1 aliphatic heterocycles. The lowest BCUT2D eigenvalue weighted by molar-refractivity contribution is 0.0506. The summed E-state index contributed by atoms with van der Waals surface area (Å²) in [5, 5.41) is 2.84. The van der Waals surface area contributed by atoms with Crippen molar-refractivity contribution >= 4 is 6.09 Å². The lowest BCUT2D eigenvalue weighted by atomic mass is 9.97. The standard InChI is InChI=1S/C17H26N2O3/c1-17(2,3)22-16(20)19-15(10-18)9-12-4-5-14-11-21-7-6-13(14)8-12/h4-5,8,15H,6-7,9-11,18H2,1-3H3,(H,19,20). The first-order valence-electron chi connectivity index (χ1n) is 7.75. The topological polar surface area (TPSA) is 73.6 Å². The van der Waals surface area contributed by atoms with Gasteiger partial charge in [-0.2, -0.15) is 0 Å². The molecule has 0 fully saturated rings. The molecule has 1 unspecified atom stereocenters. The van der Waals surface area contributed by atoms with Crippen molar-refractivity contribution in [3.8, 4) is 0 Å². The average Bonchev–Trinajstić information content (AvgIpc) is 2.44. The molecule has 1 amide bonds. The maximum absolute atomic E-state index is 11.8. The number of rotatable bonds is 4. The minimum absolute atomic E-state index is 0.132. The predicted molar refractivity (Wildman–Crippen MR) is 85.7 cm³/mol. The van der Waals surface area contributed by atoms with Crippen LogP contribution >= 0.6 is 0 Å². The number of ether oxygens (including phenoxy) is 2. The van der Waals surface area contributed by atoms with Crippen molar-refractivity contribution in [1.82, 2.24) is 5.32 Å². The average molecular weight is 306 g/mol. The van der Waals surface area contributed by atoms with Gasteiger partial charge in [0.15, 0.2) is 0 Å². The predicted octanol–water partition coefficient (Wildman–Crippen LogP) is 2.15. The van der Waals surface area contributed by atoms with E-state index in [-0.39, 0.29) is 6.04 Å². The highest BCUT2D eigenvalue weighted by atomic mass is 16.6. The van der Waals surface area contributed by atoms with Crippen LogP contribution in [0.4, 0.5) is 4.79 Å². The molecule has 1 atom stereocenters. The minimum Gasteiger partial charge on any atom is -0.444 e. The molecule has 122 valence electrons. The molecule has 0 aliphatic carbocycles. The number of fused-ring (bicyclic) bond motifs is 1. The fourth-order valence-corrected chi connectivity index (χ4v) is 2.50. The summed E-state index contributed by atoms with van der Waals surface area (Å²) in [6.07, 6.45) is 1.22. The number of carbonyl (C=O) groups excluding carboxylic acids is 1. The van der Waals surface area contributed by atoms with Crippen molar-refractivity contribution in [3.05, 3.63) is 34.9 Å². The van der Waals surface area contributed by atoms with Gasteiger partial charge in [-0.25, -0.2) is 4.79 Å². The Morgan fingerprint density at radius 2 is 2.18 bits per heavy atom. The Hall–Kier alpha value is -1.59. The maximum atomic E-state index is 11.8. The van der Waals surface area contributed by atoms with Crippen LogP contribution in [0, 0.1) is 0 Å². The van der Waals surface area contributed by atoms with Crippen LogP contribution in [-0.4, -0.2) is 30.9 Å².